The van der Waals surface area contributed by atoms with Crippen molar-refractivity contribution in [3.63, 3.8) is 0 Å². The Morgan fingerprint density at radius 1 is 0.914 bits per heavy atom. The van der Waals surface area contributed by atoms with Crippen LogP contribution in [0.3, 0.4) is 0 Å². The average Bonchev–Trinajstić information content (AvgIpc) is 3.12. The molecule has 0 saturated carbocycles. The number of para-hydroxylation sites is 1. The number of aliphatic hydroxyl groups excluding tert-OH is 1. The van der Waals surface area contributed by atoms with E-state index >= 15 is 0 Å². The first-order chi connectivity index (χ1) is 16.9. The standard InChI is InChI=1S/C28H27NO6/c1-18-16-21(34-3)12-13-23(18)26(30)24-25(29(14-15-33-2)28(32)27(24)31)19-8-7-11-22(17-19)35-20-9-5-4-6-10-20/h4-13,16-17,25,30H,14-15H2,1-3H3/b26-24+. The van der Waals surface area contributed by atoms with Crippen LogP contribution in [0.25, 0.3) is 5.76 Å². The summed E-state index contributed by atoms with van der Waals surface area (Å²) in [5, 5.41) is 11.3. The van der Waals surface area contributed by atoms with E-state index in [1.54, 1.807) is 43.5 Å². The van der Waals surface area contributed by atoms with Gasteiger partial charge in [-0.2, -0.15) is 0 Å². The Kier molecular flexibility index (Phi) is 7.17. The van der Waals surface area contributed by atoms with Gasteiger partial charge in [-0.05, 0) is 60.5 Å². The van der Waals surface area contributed by atoms with Gasteiger partial charge in [0, 0.05) is 19.2 Å². The number of hydrogen-bond donors (Lipinski definition) is 1. The summed E-state index contributed by atoms with van der Waals surface area (Å²) in [5.74, 6) is 0.172. The molecule has 1 atom stereocenters. The zero-order valence-electron chi connectivity index (χ0n) is 19.9. The molecule has 1 aliphatic rings. The summed E-state index contributed by atoms with van der Waals surface area (Å²) >= 11 is 0. The first kappa shape index (κ1) is 24.0. The van der Waals surface area contributed by atoms with Gasteiger partial charge in [-0.15, -0.1) is 0 Å². The number of ether oxygens (including phenoxy) is 3. The molecular weight excluding hydrogens is 446 g/mol. The van der Waals surface area contributed by atoms with Crippen molar-refractivity contribution in [3.05, 3.63) is 95.1 Å². The lowest BCUT2D eigenvalue weighted by atomic mass is 9.93. The van der Waals surface area contributed by atoms with Crippen LogP contribution in [0.2, 0.25) is 0 Å². The smallest absolute Gasteiger partial charge is 0.295 e. The molecule has 1 unspecified atom stereocenters. The molecule has 1 saturated heterocycles. The number of nitrogens with zero attached hydrogens (tertiary/aromatic N) is 1. The van der Waals surface area contributed by atoms with Gasteiger partial charge in [0.05, 0.1) is 25.3 Å². The number of carbonyl (C=O) groups excluding carboxylic acids is 2. The van der Waals surface area contributed by atoms with Crippen molar-refractivity contribution in [1.29, 1.82) is 0 Å². The highest BCUT2D eigenvalue weighted by molar-refractivity contribution is 6.46. The van der Waals surface area contributed by atoms with Gasteiger partial charge in [-0.1, -0.05) is 30.3 Å². The van der Waals surface area contributed by atoms with E-state index in [4.69, 9.17) is 14.2 Å². The van der Waals surface area contributed by atoms with E-state index in [1.807, 2.05) is 43.3 Å². The van der Waals surface area contributed by atoms with E-state index in [1.165, 1.54) is 12.0 Å². The van der Waals surface area contributed by atoms with Crippen molar-refractivity contribution >= 4 is 17.4 Å². The van der Waals surface area contributed by atoms with Gasteiger partial charge in [-0.3, -0.25) is 9.59 Å². The summed E-state index contributed by atoms with van der Waals surface area (Å²) in [4.78, 5) is 27.6. The van der Waals surface area contributed by atoms with E-state index in [0.717, 1.165) is 0 Å². The lowest BCUT2D eigenvalue weighted by molar-refractivity contribution is -0.140. The number of rotatable bonds is 8. The molecule has 0 spiro atoms. The molecule has 7 nitrogen and oxygen atoms in total. The first-order valence-corrected chi connectivity index (χ1v) is 11.2. The zero-order valence-corrected chi connectivity index (χ0v) is 19.9. The van der Waals surface area contributed by atoms with Crippen molar-refractivity contribution < 1.29 is 28.9 Å². The highest BCUT2D eigenvalue weighted by atomic mass is 16.5. The minimum atomic E-state index is -0.800. The average molecular weight is 474 g/mol. The van der Waals surface area contributed by atoms with E-state index in [0.29, 0.717) is 33.9 Å². The molecule has 4 rings (SSSR count). The van der Waals surface area contributed by atoms with Crippen LogP contribution in [0.15, 0.2) is 78.4 Å². The van der Waals surface area contributed by atoms with Crippen molar-refractivity contribution in [2.45, 2.75) is 13.0 Å². The molecular formula is C28H27NO6. The normalized spacial score (nSPS) is 17.0. The fourth-order valence-electron chi connectivity index (χ4n) is 4.19. The molecule has 0 aromatic heterocycles. The molecule has 3 aromatic rings. The quantitative estimate of drug-likeness (QED) is 0.286. The van der Waals surface area contributed by atoms with Gasteiger partial charge in [0.15, 0.2) is 0 Å². The molecule has 0 bridgehead atoms. The van der Waals surface area contributed by atoms with E-state index in [-0.39, 0.29) is 24.5 Å². The molecule has 3 aromatic carbocycles. The first-order valence-electron chi connectivity index (χ1n) is 11.2. The highest BCUT2D eigenvalue weighted by Crippen LogP contribution is 2.41. The Balaban J connectivity index is 1.82. The third kappa shape index (κ3) is 4.90. The maximum atomic E-state index is 13.2. The Labute approximate surface area is 204 Å². The summed E-state index contributed by atoms with van der Waals surface area (Å²) in [6, 6.07) is 20.8. The number of carbonyl (C=O) groups is 2. The molecule has 0 radical (unpaired) electrons. The summed E-state index contributed by atoms with van der Waals surface area (Å²) in [6.07, 6.45) is 0. The lowest BCUT2D eigenvalue weighted by Crippen LogP contribution is -2.32. The summed E-state index contributed by atoms with van der Waals surface area (Å²) in [6.45, 7) is 2.24. The van der Waals surface area contributed by atoms with E-state index in [2.05, 4.69) is 0 Å². The van der Waals surface area contributed by atoms with Crippen molar-refractivity contribution in [2.75, 3.05) is 27.4 Å². The van der Waals surface area contributed by atoms with E-state index < -0.39 is 17.7 Å². The zero-order chi connectivity index (χ0) is 24.9. The summed E-state index contributed by atoms with van der Waals surface area (Å²) < 4.78 is 16.4. The van der Waals surface area contributed by atoms with Gasteiger partial charge in [0.1, 0.15) is 23.0 Å². The molecule has 1 amide bonds. The number of aryl methyl sites for hydroxylation is 1. The monoisotopic (exact) mass is 473 g/mol. The van der Waals surface area contributed by atoms with Crippen LogP contribution < -0.4 is 9.47 Å². The molecule has 0 aliphatic carbocycles. The lowest BCUT2D eigenvalue weighted by Gasteiger charge is -2.25. The fraction of sp³-hybridized carbons (Fsp3) is 0.214. The minimum Gasteiger partial charge on any atom is -0.507 e. The van der Waals surface area contributed by atoms with Gasteiger partial charge >= 0.3 is 0 Å². The highest BCUT2D eigenvalue weighted by Gasteiger charge is 2.46. The van der Waals surface area contributed by atoms with E-state index in [9.17, 15) is 14.7 Å². The number of Topliss-reactive ketones (excluding diaryl/α,β-unsaturated/α-hetero) is 1. The summed E-state index contributed by atoms with van der Waals surface area (Å²) in [5.41, 5.74) is 1.83. The number of likely N-dealkylation sites (tertiary alicyclic amines) is 1. The number of hydrogen-bond acceptors (Lipinski definition) is 6. The van der Waals surface area contributed by atoms with Crippen LogP contribution in [0.4, 0.5) is 0 Å². The Bertz CT molecular complexity index is 1270. The molecule has 1 aliphatic heterocycles. The van der Waals surface area contributed by atoms with Crippen molar-refractivity contribution in [3.8, 4) is 17.2 Å². The second-order valence-electron chi connectivity index (χ2n) is 8.15. The molecule has 35 heavy (non-hydrogen) atoms. The second kappa shape index (κ2) is 10.4. The fourth-order valence-corrected chi connectivity index (χ4v) is 4.19. The van der Waals surface area contributed by atoms with Crippen LogP contribution in [0, 0.1) is 6.92 Å². The van der Waals surface area contributed by atoms with Crippen LogP contribution in [0.1, 0.15) is 22.7 Å². The summed E-state index contributed by atoms with van der Waals surface area (Å²) in [7, 11) is 3.08. The molecule has 180 valence electrons. The third-order valence-electron chi connectivity index (χ3n) is 5.92. The Hall–Kier alpha value is -4.10. The number of methoxy groups -OCH3 is 2. The molecule has 1 fully saturated rings. The van der Waals surface area contributed by atoms with Crippen LogP contribution >= 0.6 is 0 Å². The number of ketones is 1. The number of benzene rings is 3. The minimum absolute atomic E-state index is 0.0243. The molecule has 1 heterocycles. The van der Waals surface area contributed by atoms with Gasteiger partial charge in [-0.25, -0.2) is 0 Å². The largest absolute Gasteiger partial charge is 0.507 e. The molecule has 7 heteroatoms. The SMILES string of the molecule is COCCN1C(=O)C(=O)/C(=C(/O)c2ccc(OC)cc2C)C1c1cccc(Oc2ccccc2)c1. The van der Waals surface area contributed by atoms with Crippen LogP contribution in [-0.2, 0) is 14.3 Å². The maximum Gasteiger partial charge on any atom is 0.295 e. The van der Waals surface area contributed by atoms with Gasteiger partial charge < -0.3 is 24.2 Å². The topological polar surface area (TPSA) is 85.3 Å². The van der Waals surface area contributed by atoms with Crippen LogP contribution in [-0.4, -0.2) is 49.1 Å². The van der Waals surface area contributed by atoms with Crippen LogP contribution in [0.5, 0.6) is 17.2 Å². The second-order valence-corrected chi connectivity index (χ2v) is 8.15. The number of amides is 1. The predicted octanol–water partition coefficient (Wildman–Crippen LogP) is 4.86. The van der Waals surface area contributed by atoms with Gasteiger partial charge in [0.25, 0.3) is 11.7 Å². The Morgan fingerprint density at radius 3 is 2.34 bits per heavy atom. The number of aliphatic hydroxyl groups is 1. The third-order valence-corrected chi connectivity index (χ3v) is 5.92. The van der Waals surface area contributed by atoms with Gasteiger partial charge in [0.2, 0.25) is 0 Å². The molecule has 1 N–H and O–H groups in total. The van der Waals surface area contributed by atoms with Crippen molar-refractivity contribution in [2.24, 2.45) is 0 Å². The maximum absolute atomic E-state index is 13.2. The van der Waals surface area contributed by atoms with Crippen molar-refractivity contribution in [1.82, 2.24) is 4.90 Å². The Morgan fingerprint density at radius 2 is 1.66 bits per heavy atom. The predicted molar refractivity (Wildman–Crippen MR) is 132 cm³/mol.